The van der Waals surface area contributed by atoms with E-state index < -0.39 is 5.60 Å². The van der Waals surface area contributed by atoms with Crippen molar-refractivity contribution < 1.29 is 14.6 Å². The maximum absolute atomic E-state index is 12.0. The molecule has 0 aromatic heterocycles. The Morgan fingerprint density at radius 1 is 1.27 bits per heavy atom. The van der Waals surface area contributed by atoms with Gasteiger partial charge >= 0.3 is 5.97 Å². The minimum atomic E-state index is -0.639. The maximum Gasteiger partial charge on any atom is 0.308 e. The summed E-state index contributed by atoms with van der Waals surface area (Å²) in [6.07, 6.45) is 8.89. The average Bonchev–Trinajstić information content (AvgIpc) is 3.41. The highest BCUT2D eigenvalue weighted by Gasteiger charge is 2.63. The predicted octanol–water partition coefficient (Wildman–Crippen LogP) is 3.20. The Bertz CT molecular complexity index is 743. The van der Waals surface area contributed by atoms with Crippen molar-refractivity contribution in [3.63, 3.8) is 0 Å². The summed E-state index contributed by atoms with van der Waals surface area (Å²) in [7, 11) is 0. The van der Waals surface area contributed by atoms with Gasteiger partial charge in [0.15, 0.2) is 0 Å². The Morgan fingerprint density at radius 2 is 2.08 bits per heavy atom. The van der Waals surface area contributed by atoms with Crippen molar-refractivity contribution in [2.75, 3.05) is 13.1 Å². The van der Waals surface area contributed by atoms with E-state index in [0.29, 0.717) is 5.75 Å². The monoisotopic (exact) mass is 355 g/mol. The molecule has 0 radical (unpaired) electrons. The number of ether oxygens (including phenoxy) is 1. The van der Waals surface area contributed by atoms with Gasteiger partial charge in [0.2, 0.25) is 0 Å². The fourth-order valence-electron chi connectivity index (χ4n) is 6.16. The van der Waals surface area contributed by atoms with Gasteiger partial charge in [0.1, 0.15) is 5.75 Å². The summed E-state index contributed by atoms with van der Waals surface area (Å²) in [4.78, 5) is 14.0. The van der Waals surface area contributed by atoms with Crippen LogP contribution in [0.25, 0.3) is 0 Å². The quantitative estimate of drug-likeness (QED) is 0.668. The molecule has 3 atom stereocenters. The largest absolute Gasteiger partial charge is 0.427 e. The third-order valence-electron chi connectivity index (χ3n) is 7.52. The van der Waals surface area contributed by atoms with E-state index >= 15 is 0 Å². The van der Waals surface area contributed by atoms with Gasteiger partial charge in [-0.15, -0.1) is 0 Å². The van der Waals surface area contributed by atoms with E-state index in [1.807, 2.05) is 6.07 Å². The van der Waals surface area contributed by atoms with Crippen LogP contribution in [0.5, 0.6) is 5.75 Å². The van der Waals surface area contributed by atoms with Crippen LogP contribution in [0.3, 0.4) is 0 Å². The molecule has 140 valence electrons. The Morgan fingerprint density at radius 3 is 2.85 bits per heavy atom. The Kier molecular flexibility index (Phi) is 3.74. The van der Waals surface area contributed by atoms with Crippen LogP contribution in [0.15, 0.2) is 18.2 Å². The van der Waals surface area contributed by atoms with E-state index in [0.717, 1.165) is 51.1 Å². The lowest BCUT2D eigenvalue weighted by atomic mass is 9.49. The Hall–Kier alpha value is -1.39. The predicted molar refractivity (Wildman–Crippen MR) is 99.3 cm³/mol. The molecule has 26 heavy (non-hydrogen) atoms. The molecule has 4 nitrogen and oxygen atoms in total. The molecular formula is C22H29NO3. The first-order valence-corrected chi connectivity index (χ1v) is 10.3. The number of aliphatic hydroxyl groups is 1. The molecule has 3 fully saturated rings. The van der Waals surface area contributed by atoms with E-state index in [9.17, 15) is 9.90 Å². The third-order valence-corrected chi connectivity index (χ3v) is 7.52. The molecule has 5 rings (SSSR count). The van der Waals surface area contributed by atoms with Gasteiger partial charge in [-0.1, -0.05) is 18.9 Å². The van der Waals surface area contributed by atoms with E-state index in [1.165, 1.54) is 37.3 Å². The van der Waals surface area contributed by atoms with Crippen LogP contribution >= 0.6 is 0 Å². The lowest BCUT2D eigenvalue weighted by Crippen LogP contribution is -2.72. The molecule has 0 amide bonds. The topological polar surface area (TPSA) is 49.8 Å². The minimum Gasteiger partial charge on any atom is -0.427 e. The summed E-state index contributed by atoms with van der Waals surface area (Å²) in [5.41, 5.74) is 1.79. The van der Waals surface area contributed by atoms with Gasteiger partial charge in [-0.2, -0.15) is 0 Å². The van der Waals surface area contributed by atoms with E-state index in [4.69, 9.17) is 4.74 Å². The minimum absolute atomic E-state index is 0.167. The Labute approximate surface area is 155 Å². The molecular weight excluding hydrogens is 326 g/mol. The standard InChI is InChI=1S/C22H29NO3/c1-15(24)26-18-7-6-17-12-20-22(25)9-3-2-8-21(22,19(17)13-18)10-11-23(20)14-16-4-5-16/h6-7,13,16,20,25H,2-5,8-12,14H2,1H3/t20-,21+,22-/m1/s1. The first-order chi connectivity index (χ1) is 12.5. The van der Waals surface area contributed by atoms with E-state index in [1.54, 1.807) is 0 Å². The van der Waals surface area contributed by atoms with Crippen molar-refractivity contribution in [1.29, 1.82) is 0 Å². The molecule has 0 unspecified atom stereocenters. The first-order valence-electron chi connectivity index (χ1n) is 10.3. The van der Waals surface area contributed by atoms with Crippen molar-refractivity contribution in [2.45, 2.75) is 75.3 Å². The van der Waals surface area contributed by atoms with Crippen LogP contribution in [0.4, 0.5) is 0 Å². The smallest absolute Gasteiger partial charge is 0.308 e. The summed E-state index contributed by atoms with van der Waals surface area (Å²) < 4.78 is 5.38. The van der Waals surface area contributed by atoms with Gasteiger partial charge in [-0.3, -0.25) is 9.69 Å². The van der Waals surface area contributed by atoms with Crippen molar-refractivity contribution in [1.82, 2.24) is 4.90 Å². The second kappa shape index (κ2) is 5.80. The molecule has 4 aliphatic rings. The van der Waals surface area contributed by atoms with Gasteiger partial charge in [0.25, 0.3) is 0 Å². The zero-order chi connectivity index (χ0) is 17.9. The second-order valence-corrected chi connectivity index (χ2v) is 9.03. The summed E-state index contributed by atoms with van der Waals surface area (Å²) in [5.74, 6) is 1.19. The maximum atomic E-state index is 12.0. The second-order valence-electron chi connectivity index (χ2n) is 9.03. The van der Waals surface area contributed by atoms with Crippen molar-refractivity contribution in [2.24, 2.45) is 5.92 Å². The first kappa shape index (κ1) is 16.8. The zero-order valence-corrected chi connectivity index (χ0v) is 15.7. The zero-order valence-electron chi connectivity index (χ0n) is 15.7. The molecule has 1 aliphatic heterocycles. The van der Waals surface area contributed by atoms with E-state index in [-0.39, 0.29) is 17.4 Å². The van der Waals surface area contributed by atoms with Crippen LogP contribution in [0.2, 0.25) is 0 Å². The highest BCUT2D eigenvalue weighted by molar-refractivity contribution is 5.69. The normalized spacial score (nSPS) is 36.2. The van der Waals surface area contributed by atoms with Crippen molar-refractivity contribution in [3.05, 3.63) is 29.3 Å². The van der Waals surface area contributed by atoms with Gasteiger partial charge < -0.3 is 9.84 Å². The highest BCUT2D eigenvalue weighted by atomic mass is 16.5. The van der Waals surface area contributed by atoms with Crippen molar-refractivity contribution >= 4 is 5.97 Å². The number of piperidine rings is 1. The third kappa shape index (κ3) is 2.38. The van der Waals surface area contributed by atoms with Crippen molar-refractivity contribution in [3.8, 4) is 5.75 Å². The fourth-order valence-corrected chi connectivity index (χ4v) is 6.16. The van der Waals surface area contributed by atoms with Crippen LogP contribution in [0, 0.1) is 5.92 Å². The SMILES string of the molecule is CC(=O)Oc1ccc2c(c1)[C@@]13CCCC[C@@]1(O)[C@@H](C2)N(CC1CC1)CC3. The van der Waals surface area contributed by atoms with Crippen LogP contribution < -0.4 is 4.74 Å². The fraction of sp³-hybridized carbons (Fsp3) is 0.682. The lowest BCUT2D eigenvalue weighted by molar-refractivity contribution is -0.166. The molecule has 4 heteroatoms. The molecule has 1 saturated heterocycles. The number of hydrogen-bond acceptors (Lipinski definition) is 4. The molecule has 2 bridgehead atoms. The summed E-state index contributed by atoms with van der Waals surface area (Å²) >= 11 is 0. The van der Waals surface area contributed by atoms with Gasteiger partial charge in [0.05, 0.1) is 5.60 Å². The number of nitrogens with zero attached hydrogens (tertiary/aromatic N) is 1. The molecule has 1 N–H and O–H groups in total. The number of fused-ring (bicyclic) bond motifs is 1. The van der Waals surface area contributed by atoms with Gasteiger partial charge in [0, 0.05) is 24.9 Å². The molecule has 2 saturated carbocycles. The number of benzene rings is 1. The molecule has 1 heterocycles. The number of carbonyl (C=O) groups excluding carboxylic acids is 1. The Balaban J connectivity index is 1.59. The lowest BCUT2D eigenvalue weighted by Gasteiger charge is -2.64. The van der Waals surface area contributed by atoms with Crippen LogP contribution in [-0.2, 0) is 16.6 Å². The highest BCUT2D eigenvalue weighted by Crippen LogP contribution is 2.58. The number of hydrogen-bond donors (Lipinski definition) is 1. The summed E-state index contributed by atoms with van der Waals surface area (Å²) in [6, 6.07) is 6.35. The number of carbonyl (C=O) groups is 1. The van der Waals surface area contributed by atoms with Gasteiger partial charge in [-0.05, 0) is 74.2 Å². The number of rotatable bonds is 3. The number of likely N-dealkylation sites (tertiary alicyclic amines) is 1. The summed E-state index contributed by atoms with van der Waals surface area (Å²) in [5, 5.41) is 12.0. The van der Waals surface area contributed by atoms with Crippen LogP contribution in [0.1, 0.15) is 63.0 Å². The molecule has 3 aliphatic carbocycles. The van der Waals surface area contributed by atoms with Crippen LogP contribution in [-0.4, -0.2) is 40.7 Å². The van der Waals surface area contributed by atoms with E-state index in [2.05, 4.69) is 17.0 Å². The number of esters is 1. The summed E-state index contributed by atoms with van der Waals surface area (Å²) in [6.45, 7) is 3.69. The molecule has 1 aromatic carbocycles. The molecule has 0 spiro atoms. The van der Waals surface area contributed by atoms with Gasteiger partial charge in [-0.25, -0.2) is 0 Å². The average molecular weight is 355 g/mol. The molecule has 1 aromatic rings.